The molecule has 15 nitrogen and oxygen atoms in total. The molecule has 2 aromatic heterocycles. The van der Waals surface area contributed by atoms with Gasteiger partial charge in [-0.25, -0.2) is 18.1 Å². The number of aromatic nitrogens is 2. The van der Waals surface area contributed by atoms with Gasteiger partial charge >= 0.3 is 0 Å². The molecule has 67 heavy (non-hydrogen) atoms. The topological polar surface area (TPSA) is 192 Å². The molecule has 354 valence electrons. The third kappa shape index (κ3) is 8.83. The molecule has 1 spiro atoms. The molecule has 2 atom stereocenters. The maximum absolute atomic E-state index is 14.2. The first-order valence-electron chi connectivity index (χ1n) is 23.9. The van der Waals surface area contributed by atoms with Crippen LogP contribution in [-0.2, 0) is 10.0 Å². The molecule has 2 saturated carbocycles. The average Bonchev–Trinajstić information content (AvgIpc) is 3.94. The van der Waals surface area contributed by atoms with Crippen LogP contribution in [0.3, 0.4) is 0 Å². The maximum atomic E-state index is 14.2. The van der Waals surface area contributed by atoms with E-state index in [2.05, 4.69) is 67.9 Å². The van der Waals surface area contributed by atoms with Crippen molar-refractivity contribution in [2.45, 2.75) is 126 Å². The SMILES string of the molecule is Cc1c[nH]c2ncc(Oc3cc(N4CCC5(CC4)CC(N4CCC[C@H]4c4ccccc4C(C)C)C5)ccc3C(=O)NS(=O)(=O)c3cc4c(c([N+](=O)[O-])c3)N[C@@H]([C@H]3CC[C@](C)(O)CC3)CO4)cc12. The maximum Gasteiger partial charge on any atom is 0.297 e. The Bertz CT molecular complexity index is 2820. The Morgan fingerprint density at radius 1 is 1.03 bits per heavy atom. The van der Waals surface area contributed by atoms with Gasteiger partial charge in [-0.3, -0.25) is 19.8 Å². The van der Waals surface area contributed by atoms with Crippen LogP contribution in [0.15, 0.2) is 78.0 Å². The van der Waals surface area contributed by atoms with Gasteiger partial charge in [0.15, 0.2) is 11.4 Å². The number of aromatic amines is 1. The molecule has 1 amide bonds. The summed E-state index contributed by atoms with van der Waals surface area (Å²) in [6.07, 6.45) is 12.9. The van der Waals surface area contributed by atoms with Gasteiger partial charge in [0, 0.05) is 60.6 Å². The first kappa shape index (κ1) is 45.1. The Balaban J connectivity index is 0.863. The van der Waals surface area contributed by atoms with E-state index in [9.17, 15) is 28.4 Å². The van der Waals surface area contributed by atoms with E-state index in [0.29, 0.717) is 60.5 Å². The molecule has 2 saturated heterocycles. The Hall–Kier alpha value is -5.71. The number of rotatable bonds is 11. The molecule has 0 bridgehead atoms. The van der Waals surface area contributed by atoms with Crippen molar-refractivity contribution in [1.29, 1.82) is 0 Å². The van der Waals surface area contributed by atoms with Gasteiger partial charge in [-0.05, 0) is 137 Å². The Morgan fingerprint density at radius 3 is 2.54 bits per heavy atom. The van der Waals surface area contributed by atoms with Crippen LogP contribution in [0.1, 0.15) is 124 Å². The van der Waals surface area contributed by atoms with Crippen LogP contribution in [0.4, 0.5) is 17.1 Å². The number of benzene rings is 3. The van der Waals surface area contributed by atoms with Gasteiger partial charge in [0.25, 0.3) is 21.6 Å². The standard InChI is InChI=1S/C51H61N7O8S/c1-31(2)38-8-5-6-9-39(38)43-10-7-19-57(43)35-26-51(27-35)17-20-56(21-18-51)34-11-12-40(45(22-34)66-36-23-41-32(3)28-52-48(41)53-29-36)49(59)55-67(63,64)37-24-44(58(61)62)47-46(25-37)65-30-42(54-47)33-13-15-50(4,60)16-14-33/h5-6,8-9,11-12,22-25,28-29,31,33,35,42-43,54,60H,7,10,13-21,26-27,30H2,1-4H3,(H,52,53)(H,55,59)/t33-,42-,43+,50-/m1/s1. The molecule has 16 heteroatoms. The van der Waals surface area contributed by atoms with Crippen LogP contribution < -0.4 is 24.4 Å². The molecule has 3 aliphatic heterocycles. The number of amides is 1. The number of nitrogens with zero attached hydrogens (tertiary/aromatic N) is 4. The second kappa shape index (κ2) is 17.4. The first-order valence-corrected chi connectivity index (χ1v) is 25.4. The highest BCUT2D eigenvalue weighted by Crippen LogP contribution is 2.54. The summed E-state index contributed by atoms with van der Waals surface area (Å²) in [7, 11) is -4.66. The van der Waals surface area contributed by atoms with Crippen LogP contribution in [-0.4, -0.2) is 83.1 Å². The van der Waals surface area contributed by atoms with Crippen molar-refractivity contribution in [1.82, 2.24) is 19.6 Å². The lowest BCUT2D eigenvalue weighted by molar-refractivity contribution is -0.384. The number of ether oxygens (including phenoxy) is 2. The highest BCUT2D eigenvalue weighted by molar-refractivity contribution is 7.90. The van der Waals surface area contributed by atoms with Crippen molar-refractivity contribution in [3.05, 3.63) is 105 Å². The zero-order valence-corrected chi connectivity index (χ0v) is 39.5. The number of likely N-dealkylation sites (tertiary alicyclic amines) is 1. The summed E-state index contributed by atoms with van der Waals surface area (Å²) >= 11 is 0. The Kier molecular flexibility index (Phi) is 11.7. The highest BCUT2D eigenvalue weighted by atomic mass is 32.2. The monoisotopic (exact) mass is 931 g/mol. The minimum Gasteiger partial charge on any atom is -0.489 e. The molecule has 5 aliphatic rings. The van der Waals surface area contributed by atoms with E-state index >= 15 is 0 Å². The van der Waals surface area contributed by atoms with E-state index in [1.807, 2.05) is 32.2 Å². The van der Waals surface area contributed by atoms with Crippen molar-refractivity contribution in [3.8, 4) is 17.2 Å². The number of hydrogen-bond donors (Lipinski definition) is 4. The number of hydrogen-bond acceptors (Lipinski definition) is 12. The lowest BCUT2D eigenvalue weighted by Crippen LogP contribution is -2.54. The van der Waals surface area contributed by atoms with E-state index < -0.39 is 37.0 Å². The molecule has 0 unspecified atom stereocenters. The summed E-state index contributed by atoms with van der Waals surface area (Å²) in [5, 5.41) is 26.9. The lowest BCUT2D eigenvalue weighted by Gasteiger charge is -2.56. The molecule has 3 aromatic carbocycles. The van der Waals surface area contributed by atoms with E-state index in [4.69, 9.17) is 9.47 Å². The summed E-state index contributed by atoms with van der Waals surface area (Å²) in [6, 6.07) is 18.9. The van der Waals surface area contributed by atoms with Gasteiger partial charge in [0.2, 0.25) is 0 Å². The highest BCUT2D eigenvalue weighted by Gasteiger charge is 2.50. The number of carbonyl (C=O) groups is 1. The summed E-state index contributed by atoms with van der Waals surface area (Å²) in [6.45, 7) is 11.3. The number of nitrogens with one attached hydrogen (secondary N) is 3. The molecule has 4 N–H and O–H groups in total. The van der Waals surface area contributed by atoms with E-state index in [1.54, 1.807) is 18.3 Å². The van der Waals surface area contributed by atoms with Crippen molar-refractivity contribution in [3.63, 3.8) is 0 Å². The fourth-order valence-electron chi connectivity index (χ4n) is 11.7. The van der Waals surface area contributed by atoms with Crippen molar-refractivity contribution < 1.29 is 32.7 Å². The van der Waals surface area contributed by atoms with Crippen LogP contribution in [0.2, 0.25) is 0 Å². The van der Waals surface area contributed by atoms with Gasteiger partial charge in [0.1, 0.15) is 23.8 Å². The number of pyridine rings is 1. The molecular weight excluding hydrogens is 871 g/mol. The fraction of sp³-hybridized carbons (Fsp3) is 0.490. The molecule has 5 aromatic rings. The third-order valence-corrected chi connectivity index (χ3v) is 16.9. The van der Waals surface area contributed by atoms with Gasteiger partial charge in [-0.2, -0.15) is 0 Å². The number of H-pyrrole nitrogens is 1. The number of aryl methyl sites for hydroxylation is 1. The van der Waals surface area contributed by atoms with Crippen molar-refractivity contribution in [2.24, 2.45) is 11.3 Å². The summed E-state index contributed by atoms with van der Waals surface area (Å²) in [5.74, 6) is 0.150. The molecular formula is C51H61N7O8S. The van der Waals surface area contributed by atoms with Crippen molar-refractivity contribution in [2.75, 3.05) is 36.5 Å². The predicted octanol–water partition coefficient (Wildman–Crippen LogP) is 9.51. The molecule has 0 radical (unpaired) electrons. The third-order valence-electron chi connectivity index (χ3n) is 15.6. The minimum atomic E-state index is -4.66. The fourth-order valence-corrected chi connectivity index (χ4v) is 12.7. The molecule has 2 aliphatic carbocycles. The Morgan fingerprint density at radius 2 is 1.79 bits per heavy atom. The first-order chi connectivity index (χ1) is 32.1. The summed E-state index contributed by atoms with van der Waals surface area (Å²) < 4.78 is 42.6. The number of sulfonamides is 1. The van der Waals surface area contributed by atoms with Gasteiger partial charge < -0.3 is 29.8 Å². The van der Waals surface area contributed by atoms with Crippen LogP contribution in [0.25, 0.3) is 11.0 Å². The second-order valence-electron chi connectivity index (χ2n) is 20.5. The smallest absolute Gasteiger partial charge is 0.297 e. The average molecular weight is 932 g/mol. The van der Waals surface area contributed by atoms with E-state index in [-0.39, 0.29) is 41.3 Å². The van der Waals surface area contributed by atoms with Crippen molar-refractivity contribution >= 4 is 44.0 Å². The van der Waals surface area contributed by atoms with Crippen LogP contribution in [0.5, 0.6) is 17.2 Å². The van der Waals surface area contributed by atoms with Gasteiger partial charge in [0.05, 0.1) is 33.2 Å². The van der Waals surface area contributed by atoms with Crippen LogP contribution in [0, 0.1) is 28.4 Å². The molecule has 5 heterocycles. The molecule has 10 rings (SSSR count). The number of anilines is 2. The molecule has 4 fully saturated rings. The normalized spacial score (nSPS) is 24.2. The number of nitro benzene ring substituents is 1. The number of fused-ring (bicyclic) bond motifs is 2. The van der Waals surface area contributed by atoms with Gasteiger partial charge in [-0.1, -0.05) is 38.1 Å². The summed E-state index contributed by atoms with van der Waals surface area (Å²) in [4.78, 5) is 38.2. The number of aliphatic hydroxyl groups is 1. The van der Waals surface area contributed by atoms with E-state index in [1.165, 1.54) is 42.9 Å². The summed E-state index contributed by atoms with van der Waals surface area (Å²) in [5.41, 5.74) is 4.56. The van der Waals surface area contributed by atoms with E-state index in [0.717, 1.165) is 55.2 Å². The zero-order valence-electron chi connectivity index (χ0n) is 38.7. The lowest BCUT2D eigenvalue weighted by atomic mass is 9.59. The minimum absolute atomic E-state index is 0.00536. The van der Waals surface area contributed by atoms with Crippen LogP contribution >= 0.6 is 0 Å². The number of carbonyl (C=O) groups excluding carboxylic acids is 1. The zero-order chi connectivity index (χ0) is 46.8. The second-order valence-corrected chi connectivity index (χ2v) is 22.1. The van der Waals surface area contributed by atoms with Gasteiger partial charge in [-0.15, -0.1) is 0 Å². The Labute approximate surface area is 391 Å². The largest absolute Gasteiger partial charge is 0.489 e. The predicted molar refractivity (Wildman–Crippen MR) is 257 cm³/mol. The quantitative estimate of drug-likeness (QED) is 0.0726. The number of piperidine rings is 1. The number of nitro groups is 1.